The molecule has 0 saturated heterocycles. The first-order valence-corrected chi connectivity index (χ1v) is 8.07. The fourth-order valence-corrected chi connectivity index (χ4v) is 3.92. The molecular weight excluding hydrogens is 284 g/mol. The van der Waals surface area contributed by atoms with Gasteiger partial charge >= 0.3 is 0 Å². The molecule has 2 N–H and O–H groups in total. The van der Waals surface area contributed by atoms with Crippen LogP contribution in [-0.2, 0) is 15.5 Å². The Kier molecular flexibility index (Phi) is 4.80. The third kappa shape index (κ3) is 3.01. The van der Waals surface area contributed by atoms with E-state index in [0.717, 1.165) is 11.1 Å². The summed E-state index contributed by atoms with van der Waals surface area (Å²) in [6.07, 6.45) is 0.556. The molecule has 2 atom stereocenters. The molecule has 2 aromatic carbocycles. The number of phenolic OH excluding ortho intramolecular Hbond substituents is 1. The molecule has 3 nitrogen and oxygen atoms in total. The Balaban J connectivity index is 2.48. The first-order chi connectivity index (χ1) is 10.0. The number of aliphatic hydroxyl groups excluding tert-OH is 1. The smallest absolute Gasteiger partial charge is 0.115 e. The molecule has 0 aliphatic carbocycles. The van der Waals surface area contributed by atoms with Crippen molar-refractivity contribution in [1.29, 1.82) is 0 Å². The van der Waals surface area contributed by atoms with Gasteiger partial charge in [0.15, 0.2) is 0 Å². The summed E-state index contributed by atoms with van der Waals surface area (Å²) in [5, 5.41) is 19.3. The molecule has 0 radical (unpaired) electrons. The molecule has 0 aromatic heterocycles. The monoisotopic (exact) mass is 304 g/mol. The Morgan fingerprint density at radius 2 is 1.62 bits per heavy atom. The van der Waals surface area contributed by atoms with E-state index < -0.39 is 15.5 Å². The zero-order chi connectivity index (χ0) is 15.5. The Morgan fingerprint density at radius 1 is 1.05 bits per heavy atom. The van der Waals surface area contributed by atoms with Crippen LogP contribution in [0.2, 0.25) is 0 Å². The maximum atomic E-state index is 13.0. The predicted molar refractivity (Wildman–Crippen MR) is 84.7 cm³/mol. The second-order valence-corrected chi connectivity index (χ2v) is 6.92. The molecule has 112 valence electrons. The van der Waals surface area contributed by atoms with Gasteiger partial charge in [-0.1, -0.05) is 36.8 Å². The van der Waals surface area contributed by atoms with Crippen molar-refractivity contribution in [3.8, 4) is 5.75 Å². The Bertz CT molecular complexity index is 613. The van der Waals surface area contributed by atoms with Crippen molar-refractivity contribution in [3.63, 3.8) is 0 Å². The summed E-state index contributed by atoms with van der Waals surface area (Å²) in [6, 6.07) is 14.1. The fourth-order valence-electron chi connectivity index (χ4n) is 2.36. The largest absolute Gasteiger partial charge is 0.508 e. The van der Waals surface area contributed by atoms with E-state index in [1.54, 1.807) is 12.1 Å². The van der Waals surface area contributed by atoms with Gasteiger partial charge < -0.3 is 10.2 Å². The molecule has 0 aliphatic rings. The van der Waals surface area contributed by atoms with Crippen molar-refractivity contribution in [1.82, 2.24) is 0 Å². The predicted octanol–water partition coefficient (Wildman–Crippen LogP) is 3.11. The number of hydrogen-bond acceptors (Lipinski definition) is 3. The minimum Gasteiger partial charge on any atom is -0.508 e. The maximum Gasteiger partial charge on any atom is 0.115 e. The normalized spacial score (nSPS) is 15.4. The van der Waals surface area contributed by atoms with Crippen molar-refractivity contribution < 1.29 is 14.4 Å². The van der Waals surface area contributed by atoms with Gasteiger partial charge in [0.05, 0.1) is 22.2 Å². The summed E-state index contributed by atoms with van der Waals surface area (Å²) in [7, 11) is -1.41. The van der Waals surface area contributed by atoms with E-state index in [0.29, 0.717) is 11.3 Å². The summed E-state index contributed by atoms with van der Waals surface area (Å²) in [6.45, 7) is 3.72. The second-order valence-electron chi connectivity index (χ2n) is 5.13. The van der Waals surface area contributed by atoms with Gasteiger partial charge in [0.25, 0.3) is 0 Å². The van der Waals surface area contributed by atoms with E-state index in [9.17, 15) is 14.4 Å². The van der Waals surface area contributed by atoms with Crippen LogP contribution in [0.1, 0.15) is 24.5 Å². The maximum absolute atomic E-state index is 13.0. The van der Waals surface area contributed by atoms with Crippen LogP contribution in [0.4, 0.5) is 0 Å². The summed E-state index contributed by atoms with van der Waals surface area (Å²) in [4.78, 5) is 0.601. The summed E-state index contributed by atoms with van der Waals surface area (Å²) in [5.41, 5.74) is 1.99. The molecule has 0 amide bonds. The number of phenols is 1. The number of hydrogen-bond donors (Lipinski definition) is 2. The van der Waals surface area contributed by atoms with Crippen molar-refractivity contribution >= 4 is 10.8 Å². The lowest BCUT2D eigenvalue weighted by molar-refractivity contribution is 0.241. The number of aliphatic hydroxyl groups is 1. The van der Waals surface area contributed by atoms with Gasteiger partial charge in [-0.15, -0.1) is 0 Å². The van der Waals surface area contributed by atoms with Crippen LogP contribution >= 0.6 is 0 Å². The molecule has 0 fully saturated rings. The van der Waals surface area contributed by atoms with Crippen molar-refractivity contribution in [3.05, 3.63) is 59.7 Å². The van der Waals surface area contributed by atoms with Crippen LogP contribution in [0.25, 0.3) is 0 Å². The van der Waals surface area contributed by atoms with Crippen LogP contribution in [0.5, 0.6) is 5.75 Å². The molecule has 21 heavy (non-hydrogen) atoms. The lowest BCUT2D eigenvalue weighted by atomic mass is 9.95. The van der Waals surface area contributed by atoms with Gasteiger partial charge in [0.2, 0.25) is 0 Å². The average Bonchev–Trinajstić information content (AvgIpc) is 2.51. The zero-order valence-corrected chi connectivity index (χ0v) is 13.1. The minimum absolute atomic E-state index is 0.136. The van der Waals surface area contributed by atoms with Gasteiger partial charge in [0.1, 0.15) is 5.75 Å². The molecule has 0 aliphatic heterocycles. The SMILES string of the molecule is CCC(CO)(c1ccc(C)cc1)S(=O)c1ccc(O)cc1. The molecule has 2 rings (SSSR count). The number of aromatic hydroxyl groups is 1. The standard InChI is InChI=1S/C17H20O3S/c1-3-17(12-18,14-6-4-13(2)5-7-14)21(20)16-10-8-15(19)9-11-16/h4-11,18-19H,3,12H2,1-2H3. The molecule has 2 unspecified atom stereocenters. The Labute approximate surface area is 127 Å². The molecular formula is C17H20O3S. The summed E-state index contributed by atoms with van der Waals surface area (Å²) < 4.78 is 12.2. The van der Waals surface area contributed by atoms with Crippen LogP contribution in [0, 0.1) is 6.92 Å². The number of rotatable bonds is 5. The van der Waals surface area contributed by atoms with Gasteiger partial charge in [-0.25, -0.2) is 0 Å². The summed E-state index contributed by atoms with van der Waals surface area (Å²) in [5.74, 6) is 0.136. The van der Waals surface area contributed by atoms with E-state index in [2.05, 4.69) is 0 Å². The van der Waals surface area contributed by atoms with Crippen LogP contribution in [-0.4, -0.2) is 21.0 Å². The van der Waals surface area contributed by atoms with E-state index in [1.165, 1.54) is 12.1 Å². The Hall–Kier alpha value is -1.65. The van der Waals surface area contributed by atoms with Crippen molar-refractivity contribution in [2.75, 3.05) is 6.61 Å². The number of aryl methyl sites for hydroxylation is 1. The third-order valence-corrected chi connectivity index (χ3v) is 5.87. The molecule has 0 heterocycles. The molecule has 2 aromatic rings. The van der Waals surface area contributed by atoms with E-state index >= 15 is 0 Å². The topological polar surface area (TPSA) is 57.5 Å². The van der Waals surface area contributed by atoms with Crippen molar-refractivity contribution in [2.24, 2.45) is 0 Å². The quantitative estimate of drug-likeness (QED) is 0.892. The lowest BCUT2D eigenvalue weighted by Gasteiger charge is -2.30. The highest BCUT2D eigenvalue weighted by atomic mass is 32.2. The lowest BCUT2D eigenvalue weighted by Crippen LogP contribution is -2.35. The van der Waals surface area contributed by atoms with E-state index in [-0.39, 0.29) is 12.4 Å². The molecule has 4 heteroatoms. The molecule has 0 spiro atoms. The zero-order valence-electron chi connectivity index (χ0n) is 12.2. The van der Waals surface area contributed by atoms with E-state index in [1.807, 2.05) is 38.1 Å². The summed E-state index contributed by atoms with van der Waals surface area (Å²) >= 11 is 0. The fraction of sp³-hybridized carbons (Fsp3) is 0.294. The highest BCUT2D eigenvalue weighted by Crippen LogP contribution is 2.35. The van der Waals surface area contributed by atoms with Crippen LogP contribution in [0.3, 0.4) is 0 Å². The molecule has 0 bridgehead atoms. The highest BCUT2D eigenvalue weighted by molar-refractivity contribution is 7.86. The van der Waals surface area contributed by atoms with E-state index in [4.69, 9.17) is 0 Å². The van der Waals surface area contributed by atoms with Gasteiger partial charge in [-0.2, -0.15) is 0 Å². The van der Waals surface area contributed by atoms with Gasteiger partial charge in [-0.3, -0.25) is 4.21 Å². The Morgan fingerprint density at radius 3 is 2.10 bits per heavy atom. The van der Waals surface area contributed by atoms with Gasteiger partial charge in [-0.05, 0) is 43.2 Å². The first kappa shape index (κ1) is 15.7. The van der Waals surface area contributed by atoms with Crippen LogP contribution < -0.4 is 0 Å². The van der Waals surface area contributed by atoms with Crippen LogP contribution in [0.15, 0.2) is 53.4 Å². The number of benzene rings is 2. The third-order valence-electron chi connectivity index (χ3n) is 3.81. The first-order valence-electron chi connectivity index (χ1n) is 6.92. The minimum atomic E-state index is -1.41. The highest BCUT2D eigenvalue weighted by Gasteiger charge is 2.37. The van der Waals surface area contributed by atoms with Crippen molar-refractivity contribution in [2.45, 2.75) is 29.9 Å². The molecule has 0 saturated carbocycles. The van der Waals surface area contributed by atoms with Gasteiger partial charge in [0, 0.05) is 4.90 Å². The second kappa shape index (κ2) is 6.41. The average molecular weight is 304 g/mol.